The largest absolute Gasteiger partial charge is 0.293 e. The maximum atomic E-state index is 4.00. The Morgan fingerprint density at radius 2 is 2.30 bits per heavy atom. The highest BCUT2D eigenvalue weighted by atomic mass is 79.9. The molecule has 2 heterocycles. The van der Waals surface area contributed by atoms with Gasteiger partial charge in [-0.1, -0.05) is 6.07 Å². The first-order valence-electron chi connectivity index (χ1n) is 2.94. The van der Waals surface area contributed by atoms with Gasteiger partial charge >= 0.3 is 0 Å². The second kappa shape index (κ2) is 2.09. The van der Waals surface area contributed by atoms with E-state index in [0.29, 0.717) is 0 Å². The maximum absolute atomic E-state index is 4.00. The van der Waals surface area contributed by atoms with Crippen molar-refractivity contribution >= 4 is 21.4 Å². The van der Waals surface area contributed by atoms with E-state index in [1.54, 1.807) is 6.33 Å². The number of rotatable bonds is 0. The van der Waals surface area contributed by atoms with Crippen molar-refractivity contribution in [3.05, 3.63) is 35.3 Å². The van der Waals surface area contributed by atoms with Gasteiger partial charge in [0.1, 0.15) is 6.33 Å². The molecule has 50 valence electrons. The van der Waals surface area contributed by atoms with E-state index in [0.717, 1.165) is 10.1 Å². The molecule has 2 aromatic rings. The molecular formula is C7H5BrN2. The van der Waals surface area contributed by atoms with Gasteiger partial charge in [0.25, 0.3) is 0 Å². The molecule has 0 saturated heterocycles. The molecule has 0 aliphatic heterocycles. The minimum atomic E-state index is 1.03. The molecule has 0 fully saturated rings. The van der Waals surface area contributed by atoms with Gasteiger partial charge in [-0.25, -0.2) is 4.98 Å². The third-order valence-electron chi connectivity index (χ3n) is 1.40. The van der Waals surface area contributed by atoms with Crippen LogP contribution in [0, 0.1) is 0 Å². The number of halogens is 1. The van der Waals surface area contributed by atoms with E-state index in [-0.39, 0.29) is 0 Å². The summed E-state index contributed by atoms with van der Waals surface area (Å²) in [7, 11) is 0. The average molecular weight is 197 g/mol. The third-order valence-corrected chi connectivity index (χ3v) is 2.04. The van der Waals surface area contributed by atoms with E-state index < -0.39 is 0 Å². The molecule has 2 aromatic heterocycles. The Morgan fingerprint density at radius 1 is 1.40 bits per heavy atom. The van der Waals surface area contributed by atoms with Crippen molar-refractivity contribution in [3.8, 4) is 0 Å². The Morgan fingerprint density at radius 3 is 3.10 bits per heavy atom. The number of hydrogen-bond donors (Lipinski definition) is 0. The zero-order valence-electron chi connectivity index (χ0n) is 5.16. The van der Waals surface area contributed by atoms with Gasteiger partial charge in [-0.15, -0.1) is 0 Å². The number of pyridine rings is 1. The van der Waals surface area contributed by atoms with Crippen molar-refractivity contribution < 1.29 is 0 Å². The summed E-state index contributed by atoms with van der Waals surface area (Å²) in [6, 6.07) is 5.98. The van der Waals surface area contributed by atoms with E-state index in [1.165, 1.54) is 0 Å². The van der Waals surface area contributed by atoms with Crippen molar-refractivity contribution in [1.29, 1.82) is 0 Å². The summed E-state index contributed by atoms with van der Waals surface area (Å²) in [5, 5.41) is 0. The van der Waals surface area contributed by atoms with Crippen molar-refractivity contribution in [3.63, 3.8) is 0 Å². The monoisotopic (exact) mass is 196 g/mol. The fourth-order valence-corrected chi connectivity index (χ4v) is 1.36. The summed E-state index contributed by atoms with van der Waals surface area (Å²) in [4.78, 5) is 4.00. The lowest BCUT2D eigenvalue weighted by molar-refractivity contribution is 1.12. The average Bonchev–Trinajstić information content (AvgIpc) is 2.36. The summed E-state index contributed by atoms with van der Waals surface area (Å²) >= 11 is 3.40. The standard InChI is InChI=1S/C7H5BrN2/c8-7-3-1-2-6-4-9-5-10(6)7/h1-5H. The summed E-state index contributed by atoms with van der Waals surface area (Å²) in [6.45, 7) is 0. The number of imidazole rings is 1. The SMILES string of the molecule is Brc1cccc2cncn12. The first-order chi connectivity index (χ1) is 4.88. The van der Waals surface area contributed by atoms with Gasteiger partial charge in [0.05, 0.1) is 16.3 Å². The molecule has 0 bridgehead atoms. The van der Waals surface area contributed by atoms with Gasteiger partial charge in [0.15, 0.2) is 0 Å². The van der Waals surface area contributed by atoms with Crippen LogP contribution in [0.15, 0.2) is 35.3 Å². The number of aromatic nitrogens is 2. The summed E-state index contributed by atoms with van der Waals surface area (Å²) < 4.78 is 3.00. The van der Waals surface area contributed by atoms with Crippen LogP contribution in [-0.2, 0) is 0 Å². The lowest BCUT2D eigenvalue weighted by Gasteiger charge is -1.93. The molecule has 0 unspecified atom stereocenters. The van der Waals surface area contributed by atoms with Gasteiger partial charge < -0.3 is 0 Å². The third kappa shape index (κ3) is 0.743. The van der Waals surface area contributed by atoms with Crippen LogP contribution < -0.4 is 0 Å². The summed E-state index contributed by atoms with van der Waals surface area (Å²) in [5.41, 5.74) is 1.11. The molecule has 0 atom stereocenters. The van der Waals surface area contributed by atoms with E-state index in [2.05, 4.69) is 20.9 Å². The highest BCUT2D eigenvalue weighted by Crippen LogP contribution is 2.11. The normalized spacial score (nSPS) is 10.5. The Bertz CT molecular complexity index is 353. The summed E-state index contributed by atoms with van der Waals surface area (Å²) in [5.74, 6) is 0. The molecule has 0 saturated carbocycles. The van der Waals surface area contributed by atoms with E-state index in [4.69, 9.17) is 0 Å². The minimum Gasteiger partial charge on any atom is -0.293 e. The first-order valence-corrected chi connectivity index (χ1v) is 3.74. The zero-order valence-corrected chi connectivity index (χ0v) is 6.75. The maximum Gasteiger partial charge on any atom is 0.100 e. The fourth-order valence-electron chi connectivity index (χ4n) is 0.913. The first kappa shape index (κ1) is 5.92. The lowest BCUT2D eigenvalue weighted by atomic mass is 10.4. The van der Waals surface area contributed by atoms with Crippen LogP contribution in [0.1, 0.15) is 0 Å². The van der Waals surface area contributed by atoms with Crippen LogP contribution in [-0.4, -0.2) is 9.38 Å². The molecule has 0 radical (unpaired) electrons. The number of nitrogens with zero attached hydrogens (tertiary/aromatic N) is 2. The number of hydrogen-bond acceptors (Lipinski definition) is 1. The second-order valence-electron chi connectivity index (χ2n) is 2.04. The van der Waals surface area contributed by atoms with Gasteiger partial charge in [-0.05, 0) is 28.1 Å². The predicted octanol–water partition coefficient (Wildman–Crippen LogP) is 2.10. The second-order valence-corrected chi connectivity index (χ2v) is 2.85. The highest BCUT2D eigenvalue weighted by Gasteiger charge is 1.93. The summed E-state index contributed by atoms with van der Waals surface area (Å²) in [6.07, 6.45) is 3.60. The van der Waals surface area contributed by atoms with Gasteiger partial charge in [-0.2, -0.15) is 0 Å². The van der Waals surface area contributed by atoms with Gasteiger partial charge in [0.2, 0.25) is 0 Å². The van der Waals surface area contributed by atoms with Crippen molar-refractivity contribution in [2.24, 2.45) is 0 Å². The highest BCUT2D eigenvalue weighted by molar-refractivity contribution is 9.10. The molecule has 0 N–H and O–H groups in total. The molecule has 0 aliphatic rings. The molecule has 0 aliphatic carbocycles. The molecule has 10 heavy (non-hydrogen) atoms. The lowest BCUT2D eigenvalue weighted by Crippen LogP contribution is -1.81. The number of fused-ring (bicyclic) bond motifs is 1. The van der Waals surface area contributed by atoms with E-state index in [9.17, 15) is 0 Å². The molecule has 2 nitrogen and oxygen atoms in total. The molecule has 0 spiro atoms. The Labute approximate surface area is 66.6 Å². The topological polar surface area (TPSA) is 17.3 Å². The van der Waals surface area contributed by atoms with Gasteiger partial charge in [0, 0.05) is 0 Å². The molecule has 3 heteroatoms. The van der Waals surface area contributed by atoms with E-state index in [1.807, 2.05) is 28.8 Å². The minimum absolute atomic E-state index is 1.03. The Kier molecular flexibility index (Phi) is 1.24. The molecule has 2 rings (SSSR count). The van der Waals surface area contributed by atoms with Crippen molar-refractivity contribution in [2.75, 3.05) is 0 Å². The quantitative estimate of drug-likeness (QED) is 0.591. The van der Waals surface area contributed by atoms with Crippen LogP contribution in [0.4, 0.5) is 0 Å². The fraction of sp³-hybridized carbons (Fsp3) is 0. The Hall–Kier alpha value is -0.830. The Balaban J connectivity index is 2.95. The van der Waals surface area contributed by atoms with E-state index >= 15 is 0 Å². The molecule has 0 amide bonds. The smallest absolute Gasteiger partial charge is 0.100 e. The molecule has 0 aromatic carbocycles. The van der Waals surface area contributed by atoms with Crippen LogP contribution in [0.2, 0.25) is 0 Å². The van der Waals surface area contributed by atoms with Crippen molar-refractivity contribution in [1.82, 2.24) is 9.38 Å². The van der Waals surface area contributed by atoms with Crippen LogP contribution in [0.3, 0.4) is 0 Å². The van der Waals surface area contributed by atoms with Crippen LogP contribution >= 0.6 is 15.9 Å². The van der Waals surface area contributed by atoms with Crippen molar-refractivity contribution in [2.45, 2.75) is 0 Å². The predicted molar refractivity (Wildman–Crippen MR) is 42.9 cm³/mol. The van der Waals surface area contributed by atoms with Gasteiger partial charge in [-0.3, -0.25) is 4.40 Å². The van der Waals surface area contributed by atoms with Crippen LogP contribution in [0.25, 0.3) is 5.52 Å². The van der Waals surface area contributed by atoms with Crippen LogP contribution in [0.5, 0.6) is 0 Å². The molecular weight excluding hydrogens is 192 g/mol. The zero-order chi connectivity index (χ0) is 6.97.